The summed E-state index contributed by atoms with van der Waals surface area (Å²) in [6, 6.07) is 11.1. The number of carbonyl (C=O) groups excluding carboxylic acids is 1. The van der Waals surface area contributed by atoms with Crippen molar-refractivity contribution in [2.75, 3.05) is 42.5 Å². The second-order valence-corrected chi connectivity index (χ2v) is 6.35. The van der Waals surface area contributed by atoms with E-state index in [9.17, 15) is 9.18 Å². The van der Waals surface area contributed by atoms with E-state index in [1.807, 2.05) is 40.1 Å². The van der Waals surface area contributed by atoms with Crippen molar-refractivity contribution in [1.82, 2.24) is 14.9 Å². The van der Waals surface area contributed by atoms with E-state index >= 15 is 0 Å². The predicted molar refractivity (Wildman–Crippen MR) is 93.0 cm³/mol. The van der Waals surface area contributed by atoms with Crippen LogP contribution in [0.4, 0.5) is 15.9 Å². The summed E-state index contributed by atoms with van der Waals surface area (Å²) in [6.07, 6.45) is 2.09. The maximum Gasteiger partial charge on any atom is 0.244 e. The van der Waals surface area contributed by atoms with Crippen molar-refractivity contribution in [2.45, 2.75) is 12.5 Å². The molecule has 7 heteroatoms. The molecule has 3 heterocycles. The van der Waals surface area contributed by atoms with E-state index in [0.717, 1.165) is 44.8 Å². The summed E-state index contributed by atoms with van der Waals surface area (Å²) in [5.41, 5.74) is 0.963. The minimum atomic E-state index is -0.517. The summed E-state index contributed by atoms with van der Waals surface area (Å²) in [5, 5.41) is 0. The molecule has 2 aliphatic heterocycles. The number of benzene rings is 1. The van der Waals surface area contributed by atoms with Crippen LogP contribution in [-0.2, 0) is 4.79 Å². The summed E-state index contributed by atoms with van der Waals surface area (Å²) in [6.45, 7) is 3.75. The van der Waals surface area contributed by atoms with Gasteiger partial charge < -0.3 is 9.80 Å². The lowest BCUT2D eigenvalue weighted by molar-refractivity contribution is -0.121. The van der Waals surface area contributed by atoms with E-state index in [0.29, 0.717) is 5.82 Å². The van der Waals surface area contributed by atoms with Gasteiger partial charge in [0.25, 0.3) is 0 Å². The SMILES string of the molecule is O=C1[C@H](N2CCN(c3cc(F)ncn3)CC2)CCN1c1ccccc1. The number of nitrogens with zero attached hydrogens (tertiary/aromatic N) is 5. The second-order valence-electron chi connectivity index (χ2n) is 6.35. The number of carbonyl (C=O) groups is 1. The Hall–Kier alpha value is -2.54. The van der Waals surface area contributed by atoms with Crippen LogP contribution < -0.4 is 9.80 Å². The molecule has 2 fully saturated rings. The lowest BCUT2D eigenvalue weighted by atomic mass is 10.2. The minimum Gasteiger partial charge on any atom is -0.354 e. The topological polar surface area (TPSA) is 52.6 Å². The predicted octanol–water partition coefficient (Wildman–Crippen LogP) is 1.54. The maximum absolute atomic E-state index is 13.3. The molecular formula is C18H20FN5O. The van der Waals surface area contributed by atoms with E-state index in [2.05, 4.69) is 14.9 Å². The molecule has 130 valence electrons. The Balaban J connectivity index is 1.39. The molecule has 0 radical (unpaired) electrons. The van der Waals surface area contributed by atoms with Crippen LogP contribution in [0.2, 0.25) is 0 Å². The quantitative estimate of drug-likeness (QED) is 0.793. The molecule has 0 N–H and O–H groups in total. The van der Waals surface area contributed by atoms with Crippen molar-refractivity contribution in [3.05, 3.63) is 48.7 Å². The van der Waals surface area contributed by atoms with Crippen molar-refractivity contribution in [2.24, 2.45) is 0 Å². The van der Waals surface area contributed by atoms with Gasteiger partial charge in [0.1, 0.15) is 12.1 Å². The van der Waals surface area contributed by atoms with Gasteiger partial charge in [0.05, 0.1) is 6.04 Å². The summed E-state index contributed by atoms with van der Waals surface area (Å²) in [7, 11) is 0. The molecule has 4 rings (SSSR count). The number of para-hydroxylation sites is 1. The Bertz CT molecular complexity index is 748. The van der Waals surface area contributed by atoms with Crippen LogP contribution in [0.25, 0.3) is 0 Å². The van der Waals surface area contributed by atoms with Gasteiger partial charge in [-0.25, -0.2) is 9.97 Å². The molecule has 0 bridgehead atoms. The monoisotopic (exact) mass is 341 g/mol. The molecule has 0 unspecified atom stereocenters. The zero-order chi connectivity index (χ0) is 17.2. The van der Waals surface area contributed by atoms with Gasteiger partial charge in [-0.2, -0.15) is 4.39 Å². The number of hydrogen-bond donors (Lipinski definition) is 0. The van der Waals surface area contributed by atoms with E-state index in [-0.39, 0.29) is 11.9 Å². The third-order valence-electron chi connectivity index (χ3n) is 4.94. The van der Waals surface area contributed by atoms with Crippen molar-refractivity contribution >= 4 is 17.4 Å². The number of piperazine rings is 1. The Morgan fingerprint density at radius 2 is 1.76 bits per heavy atom. The highest BCUT2D eigenvalue weighted by Gasteiger charge is 2.37. The first kappa shape index (κ1) is 16.0. The standard InChI is InChI=1S/C18H20FN5O/c19-16-12-17(21-13-20-16)23-10-8-22(9-11-23)15-6-7-24(18(15)25)14-4-2-1-3-5-14/h1-5,12-13,15H,6-11H2/t15-/m1/s1. The zero-order valence-corrected chi connectivity index (χ0v) is 13.9. The van der Waals surface area contributed by atoms with E-state index in [4.69, 9.17) is 0 Å². The summed E-state index contributed by atoms with van der Waals surface area (Å²) in [5.74, 6) is 0.264. The largest absolute Gasteiger partial charge is 0.354 e. The molecule has 2 aliphatic rings. The van der Waals surface area contributed by atoms with Gasteiger partial charge in [-0.15, -0.1) is 0 Å². The van der Waals surface area contributed by atoms with Gasteiger partial charge >= 0.3 is 0 Å². The smallest absolute Gasteiger partial charge is 0.244 e. The van der Waals surface area contributed by atoms with Crippen LogP contribution in [0.5, 0.6) is 0 Å². The summed E-state index contributed by atoms with van der Waals surface area (Å²) in [4.78, 5) is 26.6. The molecular weight excluding hydrogens is 321 g/mol. The first-order valence-corrected chi connectivity index (χ1v) is 8.55. The van der Waals surface area contributed by atoms with Gasteiger partial charge in [-0.05, 0) is 18.6 Å². The number of halogens is 1. The fraction of sp³-hybridized carbons (Fsp3) is 0.389. The Kier molecular flexibility index (Phi) is 4.31. The van der Waals surface area contributed by atoms with Gasteiger partial charge in [0.15, 0.2) is 0 Å². The first-order valence-electron chi connectivity index (χ1n) is 8.55. The molecule has 2 aromatic rings. The van der Waals surface area contributed by atoms with Crippen molar-refractivity contribution < 1.29 is 9.18 Å². The number of anilines is 2. The van der Waals surface area contributed by atoms with Crippen LogP contribution in [0.15, 0.2) is 42.7 Å². The third-order valence-corrected chi connectivity index (χ3v) is 4.94. The molecule has 0 spiro atoms. The molecule has 1 amide bonds. The fourth-order valence-corrected chi connectivity index (χ4v) is 3.63. The first-order chi connectivity index (χ1) is 12.2. The normalized spacial score (nSPS) is 21.8. The van der Waals surface area contributed by atoms with Crippen molar-refractivity contribution in [3.63, 3.8) is 0 Å². The maximum atomic E-state index is 13.3. The van der Waals surface area contributed by atoms with Crippen LogP contribution in [0.1, 0.15) is 6.42 Å². The van der Waals surface area contributed by atoms with Crippen molar-refractivity contribution in [3.8, 4) is 0 Å². The van der Waals surface area contributed by atoms with Crippen LogP contribution in [-0.4, -0.2) is 59.5 Å². The summed E-state index contributed by atoms with van der Waals surface area (Å²) >= 11 is 0. The Morgan fingerprint density at radius 1 is 1.00 bits per heavy atom. The van der Waals surface area contributed by atoms with E-state index < -0.39 is 5.95 Å². The van der Waals surface area contributed by atoms with Crippen molar-refractivity contribution in [1.29, 1.82) is 0 Å². The number of amides is 1. The summed E-state index contributed by atoms with van der Waals surface area (Å²) < 4.78 is 13.3. The number of aromatic nitrogens is 2. The minimum absolute atomic E-state index is 0.0653. The lowest BCUT2D eigenvalue weighted by Crippen LogP contribution is -2.52. The molecule has 25 heavy (non-hydrogen) atoms. The van der Waals surface area contributed by atoms with Crippen LogP contribution in [0.3, 0.4) is 0 Å². The molecule has 1 aromatic carbocycles. The molecule has 2 saturated heterocycles. The number of rotatable bonds is 3. The molecule has 1 atom stereocenters. The molecule has 1 aromatic heterocycles. The Labute approximate surface area is 145 Å². The van der Waals surface area contributed by atoms with E-state index in [1.54, 1.807) is 0 Å². The third kappa shape index (κ3) is 3.19. The average molecular weight is 341 g/mol. The Morgan fingerprint density at radius 3 is 2.48 bits per heavy atom. The lowest BCUT2D eigenvalue weighted by Gasteiger charge is -2.37. The van der Waals surface area contributed by atoms with Gasteiger partial charge in [0, 0.05) is 44.5 Å². The molecule has 0 aliphatic carbocycles. The van der Waals surface area contributed by atoms with Gasteiger partial charge in [0.2, 0.25) is 11.9 Å². The average Bonchev–Trinajstić information content (AvgIpc) is 3.04. The highest BCUT2D eigenvalue weighted by molar-refractivity contribution is 5.99. The zero-order valence-electron chi connectivity index (χ0n) is 13.9. The molecule has 6 nitrogen and oxygen atoms in total. The highest BCUT2D eigenvalue weighted by Crippen LogP contribution is 2.25. The van der Waals surface area contributed by atoms with Gasteiger partial charge in [-0.1, -0.05) is 18.2 Å². The van der Waals surface area contributed by atoms with Crippen LogP contribution in [0, 0.1) is 5.95 Å². The van der Waals surface area contributed by atoms with E-state index in [1.165, 1.54) is 12.4 Å². The number of hydrogen-bond acceptors (Lipinski definition) is 5. The molecule has 0 saturated carbocycles. The highest BCUT2D eigenvalue weighted by atomic mass is 19.1. The fourth-order valence-electron chi connectivity index (χ4n) is 3.63. The van der Waals surface area contributed by atoms with Crippen LogP contribution >= 0.6 is 0 Å². The second kappa shape index (κ2) is 6.76. The van der Waals surface area contributed by atoms with Gasteiger partial charge in [-0.3, -0.25) is 9.69 Å².